The van der Waals surface area contributed by atoms with Gasteiger partial charge in [0.25, 0.3) is 0 Å². The number of Topliss-reactive ketones (excluding diaryl/α,β-unsaturated/α-hetero) is 1. The van der Waals surface area contributed by atoms with Gasteiger partial charge in [-0.3, -0.25) is 9.59 Å². The molecule has 6 nitrogen and oxygen atoms in total. The number of carbonyl (C=O) groups is 3. The molecule has 2 amide bonds. The van der Waals surface area contributed by atoms with Gasteiger partial charge in [-0.25, -0.2) is 4.79 Å². The van der Waals surface area contributed by atoms with Crippen molar-refractivity contribution in [1.29, 1.82) is 0 Å². The molecule has 0 aliphatic carbocycles. The zero-order chi connectivity index (χ0) is 13.6. The SMILES string of the molecule is CC(=O)[C@@H](CCC(N)=O)NC(=O)OC(C)(C)C. The Kier molecular flexibility index (Phi) is 5.64. The molecule has 1 atom stereocenters. The summed E-state index contributed by atoms with van der Waals surface area (Å²) < 4.78 is 5.01. The fourth-order valence-electron chi connectivity index (χ4n) is 1.11. The Morgan fingerprint density at radius 1 is 1.29 bits per heavy atom. The van der Waals surface area contributed by atoms with Crippen molar-refractivity contribution < 1.29 is 19.1 Å². The third-order valence-corrected chi connectivity index (χ3v) is 1.86. The first-order chi connectivity index (χ1) is 7.61. The van der Waals surface area contributed by atoms with Crippen molar-refractivity contribution >= 4 is 17.8 Å². The van der Waals surface area contributed by atoms with E-state index in [0.717, 1.165) is 0 Å². The number of ether oxygens (including phenoxy) is 1. The van der Waals surface area contributed by atoms with Crippen molar-refractivity contribution in [2.45, 2.75) is 52.2 Å². The molecule has 3 N–H and O–H groups in total. The van der Waals surface area contributed by atoms with E-state index in [-0.39, 0.29) is 18.6 Å². The Morgan fingerprint density at radius 2 is 1.82 bits per heavy atom. The van der Waals surface area contributed by atoms with Crippen molar-refractivity contribution in [3.05, 3.63) is 0 Å². The van der Waals surface area contributed by atoms with Gasteiger partial charge in [-0.05, 0) is 34.1 Å². The molecular formula is C11H20N2O4. The summed E-state index contributed by atoms with van der Waals surface area (Å²) in [7, 11) is 0. The fraction of sp³-hybridized carbons (Fsp3) is 0.727. The van der Waals surface area contributed by atoms with E-state index in [0.29, 0.717) is 0 Å². The standard InChI is InChI=1S/C11H20N2O4/c1-7(14)8(5-6-9(12)15)13-10(16)17-11(2,3)4/h8H,5-6H2,1-4H3,(H2,12,15)(H,13,16)/t8-/m1/s1. The smallest absolute Gasteiger partial charge is 0.408 e. The number of hydrogen-bond donors (Lipinski definition) is 2. The second kappa shape index (κ2) is 6.22. The number of rotatable bonds is 5. The lowest BCUT2D eigenvalue weighted by atomic mass is 10.1. The lowest BCUT2D eigenvalue weighted by Crippen LogP contribution is -2.43. The van der Waals surface area contributed by atoms with Gasteiger partial charge in [0.2, 0.25) is 5.91 Å². The summed E-state index contributed by atoms with van der Waals surface area (Å²) in [5.74, 6) is -0.751. The van der Waals surface area contributed by atoms with Crippen molar-refractivity contribution in [3.8, 4) is 0 Å². The summed E-state index contributed by atoms with van der Waals surface area (Å²) in [6.45, 7) is 6.50. The number of ketones is 1. The first kappa shape index (κ1) is 15.4. The van der Waals surface area contributed by atoms with Gasteiger partial charge in [0, 0.05) is 6.42 Å². The van der Waals surface area contributed by atoms with Crippen LogP contribution in [-0.2, 0) is 14.3 Å². The predicted molar refractivity (Wildman–Crippen MR) is 62.3 cm³/mol. The van der Waals surface area contributed by atoms with Crippen LogP contribution in [-0.4, -0.2) is 29.4 Å². The summed E-state index contributed by atoms with van der Waals surface area (Å²) in [6.07, 6.45) is -0.452. The Balaban J connectivity index is 4.30. The van der Waals surface area contributed by atoms with Crippen LogP contribution in [0, 0.1) is 0 Å². The van der Waals surface area contributed by atoms with Gasteiger partial charge in [0.1, 0.15) is 5.60 Å². The van der Waals surface area contributed by atoms with E-state index in [1.165, 1.54) is 6.92 Å². The van der Waals surface area contributed by atoms with Gasteiger partial charge in [-0.1, -0.05) is 0 Å². The van der Waals surface area contributed by atoms with Gasteiger partial charge in [-0.15, -0.1) is 0 Å². The van der Waals surface area contributed by atoms with Crippen LogP contribution in [0.5, 0.6) is 0 Å². The number of alkyl carbamates (subject to hydrolysis) is 1. The monoisotopic (exact) mass is 244 g/mol. The minimum absolute atomic E-state index is 0.0417. The highest BCUT2D eigenvalue weighted by molar-refractivity contribution is 5.86. The highest BCUT2D eigenvalue weighted by Gasteiger charge is 2.22. The molecule has 0 aromatic carbocycles. The van der Waals surface area contributed by atoms with E-state index in [2.05, 4.69) is 5.32 Å². The number of primary amides is 1. The van der Waals surface area contributed by atoms with Crippen LogP contribution in [0.4, 0.5) is 4.79 Å². The first-order valence-corrected chi connectivity index (χ1v) is 5.40. The minimum Gasteiger partial charge on any atom is -0.444 e. The molecule has 0 heterocycles. The number of amides is 2. The third kappa shape index (κ3) is 8.24. The van der Waals surface area contributed by atoms with Crippen LogP contribution in [0.2, 0.25) is 0 Å². The lowest BCUT2D eigenvalue weighted by Gasteiger charge is -2.22. The molecule has 17 heavy (non-hydrogen) atoms. The van der Waals surface area contributed by atoms with Gasteiger partial charge in [-0.2, -0.15) is 0 Å². The van der Waals surface area contributed by atoms with E-state index >= 15 is 0 Å². The Labute approximate surface area is 101 Å². The third-order valence-electron chi connectivity index (χ3n) is 1.86. The Bertz CT molecular complexity index is 307. The van der Waals surface area contributed by atoms with Crippen LogP contribution in [0.3, 0.4) is 0 Å². The van der Waals surface area contributed by atoms with Crippen molar-refractivity contribution in [2.75, 3.05) is 0 Å². The highest BCUT2D eigenvalue weighted by atomic mass is 16.6. The summed E-state index contributed by atoms with van der Waals surface area (Å²) in [6, 6.07) is -0.739. The molecule has 0 radical (unpaired) electrons. The molecule has 0 aliphatic rings. The van der Waals surface area contributed by atoms with Crippen molar-refractivity contribution in [3.63, 3.8) is 0 Å². The molecule has 0 fully saturated rings. The predicted octanol–water partition coefficient (Wildman–Crippen LogP) is 0.734. The average Bonchev–Trinajstić information content (AvgIpc) is 2.08. The van der Waals surface area contributed by atoms with Crippen LogP contribution in [0.1, 0.15) is 40.5 Å². The Hall–Kier alpha value is -1.59. The molecule has 0 spiro atoms. The summed E-state index contributed by atoms with van der Waals surface area (Å²) in [5.41, 5.74) is 4.35. The molecular weight excluding hydrogens is 224 g/mol. The van der Waals surface area contributed by atoms with Gasteiger partial charge >= 0.3 is 6.09 Å². The van der Waals surface area contributed by atoms with E-state index in [1.807, 2.05) is 0 Å². The topological polar surface area (TPSA) is 98.5 Å². The normalized spacial score (nSPS) is 12.7. The molecule has 0 unspecified atom stereocenters. The maximum absolute atomic E-state index is 11.4. The Morgan fingerprint density at radius 3 is 2.18 bits per heavy atom. The molecule has 0 saturated carbocycles. The number of nitrogens with two attached hydrogens (primary N) is 1. The molecule has 0 rings (SSSR count). The first-order valence-electron chi connectivity index (χ1n) is 5.40. The van der Waals surface area contributed by atoms with Crippen LogP contribution in [0.15, 0.2) is 0 Å². The molecule has 98 valence electrons. The fourth-order valence-corrected chi connectivity index (χ4v) is 1.11. The largest absolute Gasteiger partial charge is 0.444 e. The summed E-state index contributed by atoms with van der Waals surface area (Å²) in [5, 5.41) is 2.41. The minimum atomic E-state index is -0.739. The average molecular weight is 244 g/mol. The molecule has 0 saturated heterocycles. The molecule has 0 bridgehead atoms. The lowest BCUT2D eigenvalue weighted by molar-refractivity contribution is -0.120. The van der Waals surface area contributed by atoms with Crippen LogP contribution in [0.25, 0.3) is 0 Å². The van der Waals surface area contributed by atoms with Crippen LogP contribution >= 0.6 is 0 Å². The number of hydrogen-bond acceptors (Lipinski definition) is 4. The second-order valence-electron chi connectivity index (χ2n) is 4.81. The second-order valence-corrected chi connectivity index (χ2v) is 4.81. The van der Waals surface area contributed by atoms with Crippen molar-refractivity contribution in [1.82, 2.24) is 5.32 Å². The quantitative estimate of drug-likeness (QED) is 0.744. The maximum Gasteiger partial charge on any atom is 0.408 e. The zero-order valence-electron chi connectivity index (χ0n) is 10.7. The van der Waals surface area contributed by atoms with E-state index in [9.17, 15) is 14.4 Å². The molecule has 6 heteroatoms. The van der Waals surface area contributed by atoms with Gasteiger partial charge in [0.15, 0.2) is 5.78 Å². The van der Waals surface area contributed by atoms with Gasteiger partial charge < -0.3 is 15.8 Å². The molecule has 0 aromatic heterocycles. The maximum atomic E-state index is 11.4. The van der Waals surface area contributed by atoms with Crippen molar-refractivity contribution in [2.24, 2.45) is 5.73 Å². The number of nitrogens with one attached hydrogen (secondary N) is 1. The molecule has 0 aromatic rings. The van der Waals surface area contributed by atoms with Gasteiger partial charge in [0.05, 0.1) is 6.04 Å². The van der Waals surface area contributed by atoms with E-state index < -0.39 is 23.6 Å². The van der Waals surface area contributed by atoms with E-state index in [1.54, 1.807) is 20.8 Å². The summed E-state index contributed by atoms with van der Waals surface area (Å²) in [4.78, 5) is 33.3. The van der Waals surface area contributed by atoms with Crippen LogP contribution < -0.4 is 11.1 Å². The summed E-state index contributed by atoms with van der Waals surface area (Å²) >= 11 is 0. The zero-order valence-corrected chi connectivity index (χ0v) is 10.7. The number of carbonyl (C=O) groups excluding carboxylic acids is 3. The van der Waals surface area contributed by atoms with E-state index in [4.69, 9.17) is 10.5 Å². The highest BCUT2D eigenvalue weighted by Crippen LogP contribution is 2.07. The molecule has 0 aliphatic heterocycles.